The molecule has 2 aliphatic rings. The second-order valence-corrected chi connectivity index (χ2v) is 4.05. The van der Waals surface area contributed by atoms with Gasteiger partial charge in [0.05, 0.1) is 6.54 Å². The number of hydrogen-bond donors (Lipinski definition) is 0. The van der Waals surface area contributed by atoms with Gasteiger partial charge in [-0.05, 0) is 32.2 Å². The van der Waals surface area contributed by atoms with Gasteiger partial charge in [0.1, 0.15) is 0 Å². The summed E-state index contributed by atoms with van der Waals surface area (Å²) >= 11 is 0. The van der Waals surface area contributed by atoms with Gasteiger partial charge < -0.3 is 0 Å². The molecule has 3 heteroatoms. The van der Waals surface area contributed by atoms with E-state index in [1.54, 1.807) is 6.08 Å². The zero-order valence-electron chi connectivity index (χ0n) is 7.91. The average molecular weight is 180 g/mol. The normalized spacial score (nSPS) is 29.7. The van der Waals surface area contributed by atoms with Crippen molar-refractivity contribution in [2.24, 2.45) is 4.99 Å². The van der Waals surface area contributed by atoms with Crippen LogP contribution in [0.5, 0.6) is 0 Å². The van der Waals surface area contributed by atoms with Gasteiger partial charge in [-0.2, -0.15) is 0 Å². The first-order valence-corrected chi connectivity index (χ1v) is 5.21. The minimum Gasteiger partial charge on any atom is -0.296 e. The molecule has 0 aromatic heterocycles. The number of nitrogens with zero attached hydrogens (tertiary/aromatic N) is 2. The molecular weight excluding hydrogens is 164 g/mol. The Hall–Kier alpha value is -0.660. The second kappa shape index (κ2) is 4.03. The minimum absolute atomic E-state index is 0.530. The molecule has 1 aliphatic heterocycles. The van der Waals surface area contributed by atoms with Crippen LogP contribution in [-0.2, 0) is 4.79 Å². The van der Waals surface area contributed by atoms with Gasteiger partial charge in [0.25, 0.3) is 0 Å². The van der Waals surface area contributed by atoms with Crippen LogP contribution in [0.1, 0.15) is 32.1 Å². The number of piperidine rings is 1. The zero-order valence-corrected chi connectivity index (χ0v) is 7.91. The fraction of sp³-hybridized carbons (Fsp3) is 0.900. The Bertz CT molecular complexity index is 219. The van der Waals surface area contributed by atoms with Gasteiger partial charge >= 0.3 is 0 Å². The van der Waals surface area contributed by atoms with E-state index in [1.807, 2.05) is 0 Å². The zero-order chi connectivity index (χ0) is 9.10. The molecule has 1 unspecified atom stereocenters. The Balaban J connectivity index is 1.91. The van der Waals surface area contributed by atoms with E-state index in [0.29, 0.717) is 12.6 Å². The van der Waals surface area contributed by atoms with Crippen molar-refractivity contribution >= 4 is 6.08 Å². The van der Waals surface area contributed by atoms with Crippen LogP contribution in [0.25, 0.3) is 0 Å². The predicted octanol–water partition coefficient (Wildman–Crippen LogP) is 1.34. The quantitative estimate of drug-likeness (QED) is 0.485. The van der Waals surface area contributed by atoms with E-state index >= 15 is 0 Å². The molecule has 0 aromatic carbocycles. The average Bonchev–Trinajstić information content (AvgIpc) is 2.98. The maximum Gasteiger partial charge on any atom is 0.234 e. The molecule has 72 valence electrons. The van der Waals surface area contributed by atoms with Crippen LogP contribution in [0.4, 0.5) is 0 Å². The van der Waals surface area contributed by atoms with Gasteiger partial charge in [0.2, 0.25) is 6.08 Å². The van der Waals surface area contributed by atoms with Gasteiger partial charge in [-0.3, -0.25) is 4.90 Å². The smallest absolute Gasteiger partial charge is 0.234 e. The highest BCUT2D eigenvalue weighted by atomic mass is 16.1. The van der Waals surface area contributed by atoms with Crippen LogP contribution < -0.4 is 0 Å². The van der Waals surface area contributed by atoms with Crippen molar-refractivity contribution < 1.29 is 4.79 Å². The highest BCUT2D eigenvalue weighted by Gasteiger charge is 2.34. The summed E-state index contributed by atoms with van der Waals surface area (Å²) in [6.07, 6.45) is 8.16. The summed E-state index contributed by atoms with van der Waals surface area (Å²) in [6.45, 7) is 1.88. The molecule has 0 spiro atoms. The number of aliphatic imine (C=N–C) groups is 1. The van der Waals surface area contributed by atoms with Crippen molar-refractivity contribution in [3.63, 3.8) is 0 Å². The van der Waals surface area contributed by atoms with Crippen molar-refractivity contribution in [2.45, 2.75) is 44.2 Å². The Morgan fingerprint density at radius 2 is 2.15 bits per heavy atom. The fourth-order valence-electron chi connectivity index (χ4n) is 2.25. The SMILES string of the molecule is O=C=NCC1CCCCN1C1CC1. The first-order valence-electron chi connectivity index (χ1n) is 5.21. The van der Waals surface area contributed by atoms with Crippen molar-refractivity contribution in [2.75, 3.05) is 13.1 Å². The highest BCUT2D eigenvalue weighted by Crippen LogP contribution is 2.32. The molecule has 3 nitrogen and oxygen atoms in total. The molecular formula is C10H16N2O. The molecule has 1 aliphatic carbocycles. The van der Waals surface area contributed by atoms with E-state index in [-0.39, 0.29) is 0 Å². The molecule has 0 aromatic rings. The summed E-state index contributed by atoms with van der Waals surface area (Å²) in [5, 5.41) is 0. The first kappa shape index (κ1) is 8.92. The topological polar surface area (TPSA) is 32.7 Å². The Labute approximate surface area is 78.8 Å². The summed E-state index contributed by atoms with van der Waals surface area (Å²) < 4.78 is 0. The maximum absolute atomic E-state index is 10.0. The number of carbonyl (C=O) groups excluding carboxylic acids is 1. The number of rotatable bonds is 3. The third-order valence-electron chi connectivity index (χ3n) is 3.06. The monoisotopic (exact) mass is 180 g/mol. The van der Waals surface area contributed by atoms with Crippen molar-refractivity contribution in [3.8, 4) is 0 Å². The molecule has 0 amide bonds. The maximum atomic E-state index is 10.0. The standard InChI is InChI=1S/C10H16N2O/c13-8-11-7-10-3-1-2-6-12(10)9-4-5-9/h9-10H,1-7H2. The first-order chi connectivity index (χ1) is 6.42. The lowest BCUT2D eigenvalue weighted by Gasteiger charge is -2.34. The van der Waals surface area contributed by atoms with Crippen LogP contribution in [0.2, 0.25) is 0 Å². The lowest BCUT2D eigenvalue weighted by molar-refractivity contribution is 0.144. The van der Waals surface area contributed by atoms with E-state index < -0.39 is 0 Å². The second-order valence-electron chi connectivity index (χ2n) is 4.05. The summed E-state index contributed by atoms with van der Waals surface area (Å²) in [5.41, 5.74) is 0. The highest BCUT2D eigenvalue weighted by molar-refractivity contribution is 5.32. The number of likely N-dealkylation sites (tertiary alicyclic amines) is 1. The largest absolute Gasteiger partial charge is 0.296 e. The minimum atomic E-state index is 0.530. The molecule has 0 radical (unpaired) electrons. The van der Waals surface area contributed by atoms with Crippen molar-refractivity contribution in [1.29, 1.82) is 0 Å². The van der Waals surface area contributed by atoms with Crippen LogP contribution in [0.15, 0.2) is 4.99 Å². The van der Waals surface area contributed by atoms with E-state index in [9.17, 15) is 4.79 Å². The van der Waals surface area contributed by atoms with Crippen LogP contribution in [0.3, 0.4) is 0 Å². The number of hydrogen-bond acceptors (Lipinski definition) is 3. The van der Waals surface area contributed by atoms with Gasteiger partial charge in [-0.15, -0.1) is 0 Å². The Kier molecular flexibility index (Phi) is 2.77. The molecule has 1 atom stereocenters. The Morgan fingerprint density at radius 1 is 1.31 bits per heavy atom. The van der Waals surface area contributed by atoms with Gasteiger partial charge in [-0.25, -0.2) is 9.79 Å². The van der Waals surface area contributed by atoms with Gasteiger partial charge in [-0.1, -0.05) is 6.42 Å². The van der Waals surface area contributed by atoms with E-state index in [4.69, 9.17) is 0 Å². The molecule has 2 rings (SSSR count). The van der Waals surface area contributed by atoms with Crippen molar-refractivity contribution in [1.82, 2.24) is 4.90 Å². The Morgan fingerprint density at radius 3 is 2.85 bits per heavy atom. The summed E-state index contributed by atoms with van der Waals surface area (Å²) in [7, 11) is 0. The van der Waals surface area contributed by atoms with E-state index in [1.165, 1.54) is 38.6 Å². The van der Waals surface area contributed by atoms with Gasteiger partial charge in [0.15, 0.2) is 0 Å². The summed E-state index contributed by atoms with van der Waals surface area (Å²) in [4.78, 5) is 16.3. The summed E-state index contributed by atoms with van der Waals surface area (Å²) in [6, 6.07) is 1.34. The van der Waals surface area contributed by atoms with Crippen LogP contribution in [-0.4, -0.2) is 36.2 Å². The van der Waals surface area contributed by atoms with Crippen molar-refractivity contribution in [3.05, 3.63) is 0 Å². The summed E-state index contributed by atoms with van der Waals surface area (Å²) in [5.74, 6) is 0. The lowest BCUT2D eigenvalue weighted by Crippen LogP contribution is -2.42. The molecule has 1 heterocycles. The molecule has 1 saturated carbocycles. The van der Waals surface area contributed by atoms with Crippen LogP contribution >= 0.6 is 0 Å². The molecule has 0 N–H and O–H groups in total. The van der Waals surface area contributed by atoms with Gasteiger partial charge in [0, 0.05) is 12.1 Å². The predicted molar refractivity (Wildman–Crippen MR) is 50.4 cm³/mol. The lowest BCUT2D eigenvalue weighted by atomic mass is 10.0. The number of isocyanates is 1. The molecule has 1 saturated heterocycles. The third-order valence-corrected chi connectivity index (χ3v) is 3.06. The van der Waals surface area contributed by atoms with E-state index in [0.717, 1.165) is 6.04 Å². The van der Waals surface area contributed by atoms with E-state index in [2.05, 4.69) is 9.89 Å². The fourth-order valence-corrected chi connectivity index (χ4v) is 2.25. The molecule has 13 heavy (non-hydrogen) atoms. The third kappa shape index (κ3) is 2.17. The molecule has 2 fully saturated rings. The van der Waals surface area contributed by atoms with Crippen LogP contribution in [0, 0.1) is 0 Å². The molecule has 0 bridgehead atoms.